The van der Waals surface area contributed by atoms with Gasteiger partial charge in [0.2, 0.25) is 0 Å². The largest absolute Gasteiger partial charge is 0.480 e. The summed E-state index contributed by atoms with van der Waals surface area (Å²) in [6.45, 7) is 3.51. The van der Waals surface area contributed by atoms with Crippen molar-refractivity contribution in [2.45, 2.75) is 51.5 Å². The smallest absolute Gasteiger partial charge is 0.329 e. The lowest BCUT2D eigenvalue weighted by Gasteiger charge is -2.38. The Balaban J connectivity index is 2.26. The zero-order valence-corrected chi connectivity index (χ0v) is 12.1. The molecule has 3 nitrogen and oxygen atoms in total. The number of anilines is 1. The van der Waals surface area contributed by atoms with Crippen molar-refractivity contribution < 1.29 is 14.3 Å². The highest BCUT2D eigenvalue weighted by molar-refractivity contribution is 5.82. The van der Waals surface area contributed by atoms with Crippen LogP contribution in [0.4, 0.5) is 10.1 Å². The summed E-state index contributed by atoms with van der Waals surface area (Å²) >= 11 is 0. The standard InChI is InChI=1S/C16H22FNO2/c1-11-8-13(17)10-14(9-11)18-16(2,15(19)20)12-6-4-3-5-7-12/h8-10,12,18H,3-7H2,1-2H3,(H,19,20). The molecule has 0 bridgehead atoms. The number of hydrogen-bond acceptors (Lipinski definition) is 2. The Kier molecular flexibility index (Phi) is 4.31. The molecule has 2 rings (SSSR count). The fourth-order valence-corrected chi connectivity index (χ4v) is 3.12. The monoisotopic (exact) mass is 279 g/mol. The molecule has 0 radical (unpaired) electrons. The third-order valence-electron chi connectivity index (χ3n) is 4.31. The van der Waals surface area contributed by atoms with E-state index in [2.05, 4.69) is 5.32 Å². The van der Waals surface area contributed by atoms with Crippen molar-refractivity contribution in [1.82, 2.24) is 0 Å². The summed E-state index contributed by atoms with van der Waals surface area (Å²) in [5, 5.41) is 12.7. The molecule has 1 aromatic rings. The van der Waals surface area contributed by atoms with E-state index in [-0.39, 0.29) is 11.7 Å². The van der Waals surface area contributed by atoms with Crippen LogP contribution in [-0.2, 0) is 4.79 Å². The number of halogens is 1. The molecule has 0 heterocycles. The van der Waals surface area contributed by atoms with Gasteiger partial charge in [0.1, 0.15) is 11.4 Å². The maximum Gasteiger partial charge on any atom is 0.329 e. The number of nitrogens with one attached hydrogen (secondary N) is 1. The minimum atomic E-state index is -1.04. The Morgan fingerprint density at radius 2 is 1.95 bits per heavy atom. The van der Waals surface area contributed by atoms with Gasteiger partial charge in [0.25, 0.3) is 0 Å². The van der Waals surface area contributed by atoms with E-state index in [0.717, 1.165) is 31.2 Å². The van der Waals surface area contributed by atoms with Crippen LogP contribution in [-0.4, -0.2) is 16.6 Å². The summed E-state index contributed by atoms with van der Waals surface area (Å²) in [6.07, 6.45) is 5.12. The second kappa shape index (κ2) is 5.81. The average molecular weight is 279 g/mol. The van der Waals surface area contributed by atoms with E-state index >= 15 is 0 Å². The molecule has 0 spiro atoms. The van der Waals surface area contributed by atoms with Gasteiger partial charge in [-0.25, -0.2) is 9.18 Å². The van der Waals surface area contributed by atoms with Gasteiger partial charge in [0, 0.05) is 5.69 Å². The van der Waals surface area contributed by atoms with Gasteiger partial charge in [-0.2, -0.15) is 0 Å². The molecule has 20 heavy (non-hydrogen) atoms. The number of aliphatic carboxylic acids is 1. The predicted molar refractivity (Wildman–Crippen MR) is 77.4 cm³/mol. The molecule has 0 aliphatic heterocycles. The van der Waals surface area contributed by atoms with Crippen LogP contribution < -0.4 is 5.32 Å². The highest BCUT2D eigenvalue weighted by Crippen LogP contribution is 2.35. The molecule has 0 aromatic heterocycles. The topological polar surface area (TPSA) is 49.3 Å². The van der Waals surface area contributed by atoms with Gasteiger partial charge >= 0.3 is 5.97 Å². The molecular formula is C16H22FNO2. The molecular weight excluding hydrogens is 257 g/mol. The maximum absolute atomic E-state index is 13.5. The van der Waals surface area contributed by atoms with Crippen molar-refractivity contribution in [2.24, 2.45) is 5.92 Å². The van der Waals surface area contributed by atoms with Crippen LogP contribution in [0.3, 0.4) is 0 Å². The SMILES string of the molecule is Cc1cc(F)cc(NC(C)(C(=O)O)C2CCCCC2)c1. The minimum absolute atomic E-state index is 0.0809. The van der Waals surface area contributed by atoms with Gasteiger partial charge in [-0.1, -0.05) is 19.3 Å². The van der Waals surface area contributed by atoms with Gasteiger partial charge in [-0.05, 0) is 56.4 Å². The van der Waals surface area contributed by atoms with E-state index in [1.54, 1.807) is 19.9 Å². The van der Waals surface area contributed by atoms with E-state index < -0.39 is 11.5 Å². The number of benzene rings is 1. The Hall–Kier alpha value is -1.58. The predicted octanol–water partition coefficient (Wildman–Crippen LogP) is 3.97. The number of aryl methyl sites for hydroxylation is 1. The molecule has 1 aromatic carbocycles. The van der Waals surface area contributed by atoms with Crippen molar-refractivity contribution >= 4 is 11.7 Å². The first-order chi connectivity index (χ1) is 9.41. The van der Waals surface area contributed by atoms with E-state index in [0.29, 0.717) is 5.69 Å². The van der Waals surface area contributed by atoms with Gasteiger partial charge in [0.05, 0.1) is 0 Å². The molecule has 1 fully saturated rings. The van der Waals surface area contributed by atoms with Gasteiger partial charge < -0.3 is 10.4 Å². The number of carboxylic acid groups (broad SMARTS) is 1. The lowest BCUT2D eigenvalue weighted by Crippen LogP contribution is -2.50. The van der Waals surface area contributed by atoms with Gasteiger partial charge in [0.15, 0.2) is 0 Å². The Labute approximate surface area is 119 Å². The van der Waals surface area contributed by atoms with Gasteiger partial charge in [-0.15, -0.1) is 0 Å². The summed E-state index contributed by atoms with van der Waals surface area (Å²) in [7, 11) is 0. The van der Waals surface area contributed by atoms with Crippen molar-refractivity contribution in [3.63, 3.8) is 0 Å². The number of carboxylic acids is 1. The maximum atomic E-state index is 13.5. The Morgan fingerprint density at radius 3 is 2.50 bits per heavy atom. The van der Waals surface area contributed by atoms with Crippen molar-refractivity contribution in [1.29, 1.82) is 0 Å². The average Bonchev–Trinajstić information content (AvgIpc) is 2.38. The third-order valence-corrected chi connectivity index (χ3v) is 4.31. The quantitative estimate of drug-likeness (QED) is 0.876. The number of rotatable bonds is 4. The van der Waals surface area contributed by atoms with Crippen LogP contribution >= 0.6 is 0 Å². The Morgan fingerprint density at radius 1 is 1.30 bits per heavy atom. The minimum Gasteiger partial charge on any atom is -0.480 e. The second-order valence-electron chi connectivity index (χ2n) is 5.98. The summed E-state index contributed by atoms with van der Waals surface area (Å²) in [5.41, 5.74) is 0.280. The normalized spacial score (nSPS) is 19.4. The first-order valence-corrected chi connectivity index (χ1v) is 7.20. The number of carbonyl (C=O) groups is 1. The summed E-state index contributed by atoms with van der Waals surface area (Å²) in [6, 6.07) is 4.58. The molecule has 0 saturated heterocycles. The van der Waals surface area contributed by atoms with Crippen LogP contribution in [0.15, 0.2) is 18.2 Å². The fraction of sp³-hybridized carbons (Fsp3) is 0.562. The van der Waals surface area contributed by atoms with E-state index in [4.69, 9.17) is 0 Å². The lowest BCUT2D eigenvalue weighted by molar-refractivity contribution is -0.144. The molecule has 1 aliphatic rings. The third kappa shape index (κ3) is 3.11. The zero-order chi connectivity index (χ0) is 14.8. The molecule has 110 valence electrons. The van der Waals surface area contributed by atoms with Crippen LogP contribution in [0.25, 0.3) is 0 Å². The van der Waals surface area contributed by atoms with Crippen LogP contribution in [0.2, 0.25) is 0 Å². The van der Waals surface area contributed by atoms with Gasteiger partial charge in [-0.3, -0.25) is 0 Å². The molecule has 1 atom stereocenters. The summed E-state index contributed by atoms with van der Waals surface area (Å²) in [4.78, 5) is 11.7. The van der Waals surface area contributed by atoms with E-state index in [1.165, 1.54) is 18.6 Å². The first-order valence-electron chi connectivity index (χ1n) is 7.20. The van der Waals surface area contributed by atoms with Crippen molar-refractivity contribution in [3.05, 3.63) is 29.6 Å². The number of hydrogen-bond donors (Lipinski definition) is 2. The van der Waals surface area contributed by atoms with Crippen LogP contribution in [0.1, 0.15) is 44.6 Å². The second-order valence-corrected chi connectivity index (χ2v) is 5.98. The molecule has 1 aliphatic carbocycles. The van der Waals surface area contributed by atoms with E-state index in [9.17, 15) is 14.3 Å². The highest BCUT2D eigenvalue weighted by Gasteiger charge is 2.41. The van der Waals surface area contributed by atoms with Crippen LogP contribution in [0.5, 0.6) is 0 Å². The fourth-order valence-electron chi connectivity index (χ4n) is 3.12. The zero-order valence-electron chi connectivity index (χ0n) is 12.1. The van der Waals surface area contributed by atoms with Crippen molar-refractivity contribution in [3.8, 4) is 0 Å². The van der Waals surface area contributed by atoms with Crippen molar-refractivity contribution in [2.75, 3.05) is 5.32 Å². The van der Waals surface area contributed by atoms with E-state index in [1.807, 2.05) is 0 Å². The highest BCUT2D eigenvalue weighted by atomic mass is 19.1. The Bertz CT molecular complexity index is 477. The molecule has 1 saturated carbocycles. The summed E-state index contributed by atoms with van der Waals surface area (Å²) in [5.74, 6) is -1.13. The summed E-state index contributed by atoms with van der Waals surface area (Å²) < 4.78 is 13.5. The molecule has 0 amide bonds. The molecule has 2 N–H and O–H groups in total. The first kappa shape index (κ1) is 14.8. The molecule has 4 heteroatoms. The molecule has 1 unspecified atom stereocenters. The van der Waals surface area contributed by atoms with Crippen LogP contribution in [0, 0.1) is 18.7 Å². The lowest BCUT2D eigenvalue weighted by atomic mass is 9.75.